The fourth-order valence-electron chi connectivity index (χ4n) is 1.23. The maximum absolute atomic E-state index is 11.9. The molecule has 0 aliphatic heterocycles. The van der Waals surface area contributed by atoms with E-state index in [0.29, 0.717) is 11.4 Å². The predicted molar refractivity (Wildman–Crippen MR) is 71.5 cm³/mol. The summed E-state index contributed by atoms with van der Waals surface area (Å²) in [7, 11) is -2.03. The molecule has 0 amide bonds. The van der Waals surface area contributed by atoms with Crippen LogP contribution in [0.3, 0.4) is 0 Å². The summed E-state index contributed by atoms with van der Waals surface area (Å²) in [5, 5.41) is 7.32. The highest BCUT2D eigenvalue weighted by atomic mass is 79.9. The maximum Gasteiger partial charge on any atom is 0.260 e. The van der Waals surface area contributed by atoms with E-state index in [2.05, 4.69) is 46.9 Å². The highest BCUT2D eigenvalue weighted by Crippen LogP contribution is 2.17. The molecule has 17 heavy (non-hydrogen) atoms. The summed E-state index contributed by atoms with van der Waals surface area (Å²) in [5.74, 6) is 0. The Kier molecular flexibility index (Phi) is 5.55. The van der Waals surface area contributed by atoms with Gasteiger partial charge in [-0.1, -0.05) is 28.1 Å². The summed E-state index contributed by atoms with van der Waals surface area (Å²) >= 11 is 6.51. The van der Waals surface area contributed by atoms with Crippen molar-refractivity contribution in [3.63, 3.8) is 0 Å². The van der Waals surface area contributed by atoms with E-state index in [4.69, 9.17) is 0 Å². The first-order chi connectivity index (χ1) is 7.88. The van der Waals surface area contributed by atoms with E-state index in [-0.39, 0.29) is 9.63 Å². The zero-order valence-electron chi connectivity index (χ0n) is 9.52. The molecule has 9 heteroatoms. The van der Waals surface area contributed by atoms with Crippen molar-refractivity contribution in [2.24, 2.45) is 7.05 Å². The molecule has 1 aromatic rings. The lowest BCUT2D eigenvalue weighted by Crippen LogP contribution is -2.28. The second kappa shape index (κ2) is 6.26. The topological polar surface area (TPSA) is 76.9 Å². The summed E-state index contributed by atoms with van der Waals surface area (Å²) in [4.78, 5) is 0.318. The van der Waals surface area contributed by atoms with Crippen LogP contribution in [-0.4, -0.2) is 34.8 Å². The van der Waals surface area contributed by atoms with Crippen molar-refractivity contribution in [1.29, 1.82) is 0 Å². The van der Waals surface area contributed by atoms with Gasteiger partial charge in [0, 0.05) is 18.4 Å². The van der Waals surface area contributed by atoms with E-state index in [1.165, 1.54) is 11.7 Å². The Bertz CT molecular complexity index is 454. The number of alkyl halides is 1. The van der Waals surface area contributed by atoms with E-state index in [1.807, 2.05) is 6.92 Å². The predicted octanol–water partition coefficient (Wildman–Crippen LogP) is 1.42. The van der Waals surface area contributed by atoms with Gasteiger partial charge in [0.25, 0.3) is 10.0 Å². The molecule has 1 unspecified atom stereocenters. The van der Waals surface area contributed by atoms with Gasteiger partial charge in [0.1, 0.15) is 0 Å². The molecule has 0 saturated heterocycles. The van der Waals surface area contributed by atoms with Crippen molar-refractivity contribution in [3.8, 4) is 0 Å². The van der Waals surface area contributed by atoms with Crippen molar-refractivity contribution in [2.75, 3.05) is 6.54 Å². The summed E-state index contributed by atoms with van der Waals surface area (Å²) in [6, 6.07) is 0. The molecule has 1 rings (SSSR count). The molecule has 1 atom stereocenters. The molecule has 0 aliphatic rings. The molecular formula is C8H14Br2N4O2S. The monoisotopic (exact) mass is 388 g/mol. The molecule has 0 radical (unpaired) electrons. The van der Waals surface area contributed by atoms with Crippen LogP contribution in [0, 0.1) is 0 Å². The zero-order chi connectivity index (χ0) is 13.1. The highest BCUT2D eigenvalue weighted by molar-refractivity contribution is 9.10. The molecule has 1 N–H and O–H groups in total. The van der Waals surface area contributed by atoms with Gasteiger partial charge >= 0.3 is 0 Å². The van der Waals surface area contributed by atoms with E-state index in [1.54, 1.807) is 0 Å². The van der Waals surface area contributed by atoms with Gasteiger partial charge in [-0.25, -0.2) is 17.8 Å². The van der Waals surface area contributed by atoms with E-state index in [0.717, 1.165) is 12.8 Å². The molecule has 1 aromatic heterocycles. The summed E-state index contributed by atoms with van der Waals surface area (Å²) in [5.41, 5.74) is 0. The molecule has 0 aliphatic carbocycles. The Morgan fingerprint density at radius 2 is 2.18 bits per heavy atom. The molecule has 6 nitrogen and oxygen atoms in total. The lowest BCUT2D eigenvalue weighted by Gasteiger charge is -2.08. The second-order valence-electron chi connectivity index (χ2n) is 3.50. The van der Waals surface area contributed by atoms with E-state index in [9.17, 15) is 8.42 Å². The molecule has 0 bridgehead atoms. The quantitative estimate of drug-likeness (QED) is 0.746. The highest BCUT2D eigenvalue weighted by Gasteiger charge is 2.23. The second-order valence-corrected chi connectivity index (χ2v) is 7.23. The minimum absolute atomic E-state index is 0.0418. The lowest BCUT2D eigenvalue weighted by molar-refractivity contribution is 0.557. The van der Waals surface area contributed by atoms with Gasteiger partial charge in [-0.3, -0.25) is 0 Å². The zero-order valence-corrected chi connectivity index (χ0v) is 13.5. The first-order valence-electron chi connectivity index (χ1n) is 5.07. The van der Waals surface area contributed by atoms with Crippen LogP contribution in [0.1, 0.15) is 19.8 Å². The van der Waals surface area contributed by atoms with Crippen LogP contribution in [0.25, 0.3) is 0 Å². The van der Waals surface area contributed by atoms with Crippen LogP contribution in [0.5, 0.6) is 0 Å². The third-order valence-corrected chi connectivity index (χ3v) is 5.64. The number of rotatable bonds is 6. The maximum atomic E-state index is 11.9. The largest absolute Gasteiger partial charge is 0.260 e. The molecule has 0 fully saturated rings. The number of hydrogen-bond acceptors (Lipinski definition) is 4. The Hall–Kier alpha value is 0.0100. The fraction of sp³-hybridized carbons (Fsp3) is 0.750. The van der Waals surface area contributed by atoms with Crippen LogP contribution in [0.4, 0.5) is 0 Å². The Balaban J connectivity index is 2.70. The number of hydrogen-bond donors (Lipinski definition) is 1. The third kappa shape index (κ3) is 4.01. The van der Waals surface area contributed by atoms with Crippen molar-refractivity contribution < 1.29 is 8.42 Å². The standard InChI is InChI=1S/C8H14Br2N4O2S/c1-3-6(9)4-5-11-17(15,16)8-7(10)12-13-14(8)2/h6,11H,3-5H2,1-2H3. The molecule has 1 heterocycles. The Morgan fingerprint density at radius 3 is 2.65 bits per heavy atom. The number of sulfonamides is 1. The fourth-order valence-corrected chi connectivity index (χ4v) is 3.60. The molecule has 0 aromatic carbocycles. The summed E-state index contributed by atoms with van der Waals surface area (Å²) < 4.78 is 27.9. The van der Waals surface area contributed by atoms with Gasteiger partial charge in [0.05, 0.1) is 0 Å². The first kappa shape index (κ1) is 15.1. The van der Waals surface area contributed by atoms with Crippen LogP contribution < -0.4 is 4.72 Å². The number of nitrogens with zero attached hydrogens (tertiary/aromatic N) is 3. The third-order valence-electron chi connectivity index (χ3n) is 2.18. The first-order valence-corrected chi connectivity index (χ1v) is 8.26. The normalized spacial score (nSPS) is 13.9. The Labute approximate surface area is 117 Å². The van der Waals surface area contributed by atoms with Crippen LogP contribution >= 0.6 is 31.9 Å². The van der Waals surface area contributed by atoms with Gasteiger partial charge < -0.3 is 0 Å². The SMILES string of the molecule is CCC(Br)CCNS(=O)(=O)c1c(Br)nnn1C. The molecule has 0 saturated carbocycles. The number of halogens is 2. The summed E-state index contributed by atoms with van der Waals surface area (Å²) in [6.07, 6.45) is 1.69. The average molecular weight is 390 g/mol. The van der Waals surface area contributed by atoms with Gasteiger partial charge in [-0.15, -0.1) is 5.10 Å². The van der Waals surface area contributed by atoms with Gasteiger partial charge in [0.15, 0.2) is 4.60 Å². The molecular weight excluding hydrogens is 376 g/mol. The van der Waals surface area contributed by atoms with E-state index < -0.39 is 10.0 Å². The van der Waals surface area contributed by atoms with Crippen molar-refractivity contribution >= 4 is 41.9 Å². The molecule has 98 valence electrons. The summed E-state index contributed by atoms with van der Waals surface area (Å²) in [6.45, 7) is 2.42. The van der Waals surface area contributed by atoms with E-state index >= 15 is 0 Å². The van der Waals surface area contributed by atoms with Crippen LogP contribution in [0.2, 0.25) is 0 Å². The van der Waals surface area contributed by atoms with Gasteiger partial charge in [-0.05, 0) is 28.8 Å². The van der Waals surface area contributed by atoms with Crippen molar-refractivity contribution in [2.45, 2.75) is 29.6 Å². The van der Waals surface area contributed by atoms with Crippen LogP contribution in [-0.2, 0) is 17.1 Å². The van der Waals surface area contributed by atoms with Crippen LogP contribution in [0.15, 0.2) is 9.63 Å². The minimum Gasteiger partial charge on any atom is -0.235 e. The number of aromatic nitrogens is 3. The van der Waals surface area contributed by atoms with Gasteiger partial charge in [0.2, 0.25) is 5.03 Å². The number of aryl methyl sites for hydroxylation is 1. The average Bonchev–Trinajstić information content (AvgIpc) is 2.58. The van der Waals surface area contributed by atoms with Crippen molar-refractivity contribution in [1.82, 2.24) is 19.7 Å². The minimum atomic E-state index is -3.56. The Morgan fingerprint density at radius 1 is 1.53 bits per heavy atom. The smallest absolute Gasteiger partial charge is 0.235 e. The molecule has 0 spiro atoms. The van der Waals surface area contributed by atoms with Gasteiger partial charge in [-0.2, -0.15) is 0 Å². The number of nitrogens with one attached hydrogen (secondary N) is 1. The lowest BCUT2D eigenvalue weighted by atomic mass is 10.2. The van der Waals surface area contributed by atoms with Crippen molar-refractivity contribution in [3.05, 3.63) is 4.60 Å².